The molecule has 0 radical (unpaired) electrons. The summed E-state index contributed by atoms with van der Waals surface area (Å²) in [6.45, 7) is 1.83. The van der Waals surface area contributed by atoms with Gasteiger partial charge < -0.3 is 4.74 Å². The lowest BCUT2D eigenvalue weighted by molar-refractivity contribution is -0.146. The minimum atomic E-state index is -4.66. The highest BCUT2D eigenvalue weighted by molar-refractivity contribution is 5.72. The van der Waals surface area contributed by atoms with E-state index in [1.165, 1.54) is 24.3 Å². The van der Waals surface area contributed by atoms with E-state index in [4.69, 9.17) is 4.74 Å². The van der Waals surface area contributed by atoms with Gasteiger partial charge in [0, 0.05) is 6.42 Å². The van der Waals surface area contributed by atoms with Crippen molar-refractivity contribution in [3.8, 4) is 11.4 Å². The number of rotatable bonds is 4. The lowest BCUT2D eigenvalue weighted by atomic mass is 10.3. The highest BCUT2D eigenvalue weighted by atomic mass is 19.4. The molecule has 0 saturated heterocycles. The summed E-state index contributed by atoms with van der Waals surface area (Å²) in [7, 11) is 0. The van der Waals surface area contributed by atoms with Gasteiger partial charge in [0.25, 0.3) is 5.82 Å². The van der Waals surface area contributed by atoms with Crippen molar-refractivity contribution in [2.24, 2.45) is 0 Å². The van der Waals surface area contributed by atoms with Gasteiger partial charge in [-0.1, -0.05) is 6.92 Å². The van der Waals surface area contributed by atoms with Gasteiger partial charge in [-0.3, -0.25) is 4.79 Å². The number of benzene rings is 1. The molecule has 112 valence electrons. The molecule has 9 heteroatoms. The third kappa shape index (κ3) is 3.56. The Balaban J connectivity index is 2.20. The Morgan fingerprint density at radius 1 is 1.29 bits per heavy atom. The van der Waals surface area contributed by atoms with Gasteiger partial charge in [0.1, 0.15) is 5.75 Å². The van der Waals surface area contributed by atoms with Crippen LogP contribution in [-0.4, -0.2) is 26.2 Å². The van der Waals surface area contributed by atoms with Gasteiger partial charge >= 0.3 is 12.1 Å². The van der Waals surface area contributed by atoms with Gasteiger partial charge in [-0.15, -0.1) is 5.10 Å². The van der Waals surface area contributed by atoms with Crippen LogP contribution in [0.5, 0.6) is 5.75 Å². The molecule has 1 aromatic heterocycles. The number of alkyl halides is 3. The molecule has 6 nitrogen and oxygen atoms in total. The highest BCUT2D eigenvalue weighted by Gasteiger charge is 2.38. The molecule has 21 heavy (non-hydrogen) atoms. The Hall–Kier alpha value is -2.45. The largest absolute Gasteiger partial charge is 0.453 e. The first-order chi connectivity index (χ1) is 9.91. The summed E-state index contributed by atoms with van der Waals surface area (Å²) >= 11 is 0. The molecule has 0 spiro atoms. The second-order valence-electron chi connectivity index (χ2n) is 4.13. The van der Waals surface area contributed by atoms with Crippen molar-refractivity contribution in [1.29, 1.82) is 0 Å². The third-order valence-electron chi connectivity index (χ3n) is 2.49. The number of nitrogens with zero attached hydrogens (tertiary/aromatic N) is 4. The Morgan fingerprint density at radius 3 is 2.52 bits per heavy atom. The standard InChI is InChI=1S/C12H11F3N4O2/c1-2-3-10(20)21-9-6-4-8(5-7-9)19-11(12(13,14)15)16-17-18-19/h4-7H,2-3H2,1H3. The molecular weight excluding hydrogens is 289 g/mol. The van der Waals surface area contributed by atoms with E-state index in [0.717, 1.165) is 0 Å². The number of carbonyl (C=O) groups is 1. The smallest absolute Gasteiger partial charge is 0.427 e. The second-order valence-corrected chi connectivity index (χ2v) is 4.13. The molecule has 2 aromatic rings. The van der Waals surface area contributed by atoms with Crippen LogP contribution in [0.4, 0.5) is 13.2 Å². The molecular formula is C12H11F3N4O2. The zero-order valence-electron chi connectivity index (χ0n) is 11.0. The van der Waals surface area contributed by atoms with Crippen LogP contribution in [0.25, 0.3) is 5.69 Å². The number of aromatic nitrogens is 4. The van der Waals surface area contributed by atoms with Crippen LogP contribution in [0, 0.1) is 0 Å². The van der Waals surface area contributed by atoms with E-state index in [1.807, 2.05) is 6.92 Å². The fourth-order valence-corrected chi connectivity index (χ4v) is 1.58. The fraction of sp³-hybridized carbons (Fsp3) is 0.333. The summed E-state index contributed by atoms with van der Waals surface area (Å²) in [5, 5.41) is 9.27. The van der Waals surface area contributed by atoms with E-state index in [0.29, 0.717) is 11.1 Å². The topological polar surface area (TPSA) is 69.9 Å². The molecule has 1 aromatic carbocycles. The molecule has 0 saturated carbocycles. The van der Waals surface area contributed by atoms with Crippen molar-refractivity contribution in [2.75, 3.05) is 0 Å². The lowest BCUT2D eigenvalue weighted by Crippen LogP contribution is -2.14. The minimum absolute atomic E-state index is 0.114. The molecule has 1 heterocycles. The van der Waals surface area contributed by atoms with Crippen molar-refractivity contribution in [1.82, 2.24) is 20.2 Å². The van der Waals surface area contributed by atoms with E-state index in [2.05, 4.69) is 15.5 Å². The average molecular weight is 300 g/mol. The minimum Gasteiger partial charge on any atom is -0.427 e. The third-order valence-corrected chi connectivity index (χ3v) is 2.49. The van der Waals surface area contributed by atoms with Crippen LogP contribution in [0.15, 0.2) is 24.3 Å². The number of carbonyl (C=O) groups excluding carboxylic acids is 1. The van der Waals surface area contributed by atoms with E-state index in [1.54, 1.807) is 0 Å². The van der Waals surface area contributed by atoms with Crippen LogP contribution in [0.3, 0.4) is 0 Å². The lowest BCUT2D eigenvalue weighted by Gasteiger charge is -2.08. The van der Waals surface area contributed by atoms with E-state index < -0.39 is 18.0 Å². The summed E-state index contributed by atoms with van der Waals surface area (Å²) in [4.78, 5) is 11.3. The van der Waals surface area contributed by atoms with E-state index in [-0.39, 0.29) is 17.9 Å². The van der Waals surface area contributed by atoms with Crippen LogP contribution in [0.2, 0.25) is 0 Å². The van der Waals surface area contributed by atoms with Crippen LogP contribution in [0.1, 0.15) is 25.6 Å². The highest BCUT2D eigenvalue weighted by Crippen LogP contribution is 2.28. The number of hydrogen-bond acceptors (Lipinski definition) is 5. The Kier molecular flexibility index (Phi) is 4.20. The first-order valence-corrected chi connectivity index (χ1v) is 6.08. The molecule has 0 N–H and O–H groups in total. The van der Waals surface area contributed by atoms with Crippen LogP contribution >= 0.6 is 0 Å². The maximum absolute atomic E-state index is 12.7. The summed E-state index contributed by atoms with van der Waals surface area (Å²) < 4.78 is 43.6. The van der Waals surface area contributed by atoms with Crippen molar-refractivity contribution < 1.29 is 22.7 Å². The zero-order valence-corrected chi connectivity index (χ0v) is 11.0. The fourth-order valence-electron chi connectivity index (χ4n) is 1.58. The van der Waals surface area contributed by atoms with Crippen molar-refractivity contribution in [2.45, 2.75) is 25.9 Å². The van der Waals surface area contributed by atoms with Crippen LogP contribution < -0.4 is 4.74 Å². The molecule has 0 fully saturated rings. The van der Waals surface area contributed by atoms with Gasteiger partial charge in [0.2, 0.25) is 0 Å². The van der Waals surface area contributed by atoms with Gasteiger partial charge in [0.15, 0.2) is 0 Å². The quantitative estimate of drug-likeness (QED) is 0.640. The van der Waals surface area contributed by atoms with Gasteiger partial charge in [-0.05, 0) is 41.1 Å². The molecule has 0 aliphatic heterocycles. The maximum atomic E-state index is 12.7. The van der Waals surface area contributed by atoms with Crippen molar-refractivity contribution in [3.63, 3.8) is 0 Å². The van der Waals surface area contributed by atoms with Crippen LogP contribution in [-0.2, 0) is 11.0 Å². The number of hydrogen-bond donors (Lipinski definition) is 0. The Bertz CT molecular complexity index is 622. The predicted molar refractivity (Wildman–Crippen MR) is 64.7 cm³/mol. The predicted octanol–water partition coefficient (Wildman–Crippen LogP) is 2.39. The Labute approximate surface area is 117 Å². The number of tetrazole rings is 1. The monoisotopic (exact) mass is 300 g/mol. The first-order valence-electron chi connectivity index (χ1n) is 6.08. The molecule has 0 bridgehead atoms. The summed E-state index contributed by atoms with van der Waals surface area (Å²) in [5.41, 5.74) is 0.114. The number of halogens is 3. The normalized spacial score (nSPS) is 11.4. The molecule has 2 rings (SSSR count). The van der Waals surface area contributed by atoms with E-state index in [9.17, 15) is 18.0 Å². The molecule has 0 aliphatic rings. The summed E-state index contributed by atoms with van der Waals surface area (Å²) in [5.74, 6) is -1.37. The second kappa shape index (κ2) is 5.90. The number of esters is 1. The SMILES string of the molecule is CCCC(=O)Oc1ccc(-n2nnnc2C(F)(F)F)cc1. The van der Waals surface area contributed by atoms with Crippen molar-refractivity contribution >= 4 is 5.97 Å². The van der Waals surface area contributed by atoms with Gasteiger partial charge in [0.05, 0.1) is 5.69 Å². The summed E-state index contributed by atoms with van der Waals surface area (Å²) in [6, 6.07) is 5.43. The van der Waals surface area contributed by atoms with Crippen molar-refractivity contribution in [3.05, 3.63) is 30.1 Å². The maximum Gasteiger partial charge on any atom is 0.453 e. The summed E-state index contributed by atoms with van der Waals surface area (Å²) in [6.07, 6.45) is -3.74. The van der Waals surface area contributed by atoms with Gasteiger partial charge in [-0.25, -0.2) is 0 Å². The molecule has 0 atom stereocenters. The molecule has 0 amide bonds. The first kappa shape index (κ1) is 14.9. The van der Waals surface area contributed by atoms with Gasteiger partial charge in [-0.2, -0.15) is 17.9 Å². The molecule has 0 unspecified atom stereocenters. The number of ether oxygens (including phenoxy) is 1. The Morgan fingerprint density at radius 2 is 1.95 bits per heavy atom. The average Bonchev–Trinajstić information content (AvgIpc) is 2.89. The molecule has 0 aliphatic carbocycles. The van der Waals surface area contributed by atoms with E-state index >= 15 is 0 Å². The zero-order chi connectivity index (χ0) is 15.5.